The minimum atomic E-state index is -0.135. The number of rotatable bonds is 14. The van der Waals surface area contributed by atoms with Crippen LogP contribution in [-0.2, 0) is 9.53 Å². The maximum atomic E-state index is 11.1. The van der Waals surface area contributed by atoms with Crippen molar-refractivity contribution in [2.75, 3.05) is 0 Å². The molecule has 0 N–H and O–H groups in total. The molecule has 1 rings (SSSR count). The number of cyclic esters (lactones) is 1. The molecule has 1 saturated heterocycles. The van der Waals surface area contributed by atoms with E-state index in [0.29, 0.717) is 11.5 Å². The highest BCUT2D eigenvalue weighted by Crippen LogP contribution is 2.23. The molecule has 3 heteroatoms. The second kappa shape index (κ2) is 12.9. The van der Waals surface area contributed by atoms with E-state index >= 15 is 0 Å². The first-order valence-corrected chi connectivity index (χ1v) is 10.2. The third-order valence-electron chi connectivity index (χ3n) is 4.79. The van der Waals surface area contributed by atoms with Crippen LogP contribution in [0.1, 0.15) is 104 Å². The van der Waals surface area contributed by atoms with Crippen molar-refractivity contribution in [3.8, 4) is 0 Å². The maximum absolute atomic E-state index is 11.1. The molecule has 1 atom stereocenters. The van der Waals surface area contributed by atoms with E-state index in [9.17, 15) is 4.79 Å². The molecule has 0 aliphatic carbocycles. The number of unbranched alkanes of at least 4 members (excludes halogenated alkanes) is 10. The molecule has 2 nitrogen and oxygen atoms in total. The SMILES string of the molecule is CC(C)CCCCCCCCCCCCCC1CC(=O)OC1=S. The number of carbonyl (C=O) groups excluding carboxylic acids is 1. The average molecular weight is 341 g/mol. The summed E-state index contributed by atoms with van der Waals surface area (Å²) in [6.45, 7) is 4.63. The standard InChI is InChI=1S/C20H36O2S/c1-17(2)14-12-10-8-6-4-3-5-7-9-11-13-15-18-16-19(21)22-20(18)23/h17-18H,3-16H2,1-2H3. The number of carbonyl (C=O) groups is 1. The lowest BCUT2D eigenvalue weighted by atomic mass is 9.99. The quantitative estimate of drug-likeness (QED) is 0.202. The fraction of sp³-hybridized carbons (Fsp3) is 0.900. The fourth-order valence-electron chi connectivity index (χ4n) is 3.28. The summed E-state index contributed by atoms with van der Waals surface area (Å²) in [6.07, 6.45) is 17.9. The summed E-state index contributed by atoms with van der Waals surface area (Å²) in [5.74, 6) is 0.949. The zero-order valence-electron chi connectivity index (χ0n) is 15.3. The number of thiocarbonyl (C=S) groups is 1. The summed E-state index contributed by atoms with van der Waals surface area (Å²) >= 11 is 5.07. The van der Waals surface area contributed by atoms with E-state index in [1.807, 2.05) is 0 Å². The van der Waals surface area contributed by atoms with Crippen molar-refractivity contribution in [1.29, 1.82) is 0 Å². The van der Waals surface area contributed by atoms with Crippen molar-refractivity contribution in [2.24, 2.45) is 11.8 Å². The van der Waals surface area contributed by atoms with Crippen LogP contribution in [0.25, 0.3) is 0 Å². The van der Waals surface area contributed by atoms with Gasteiger partial charge in [0.1, 0.15) is 0 Å². The summed E-state index contributed by atoms with van der Waals surface area (Å²) in [5.41, 5.74) is 0. The third kappa shape index (κ3) is 10.9. The molecule has 23 heavy (non-hydrogen) atoms. The second-order valence-corrected chi connectivity index (χ2v) is 7.96. The number of ether oxygens (including phenoxy) is 1. The Morgan fingerprint density at radius 2 is 1.39 bits per heavy atom. The Balaban J connectivity index is 1.77. The highest BCUT2D eigenvalue weighted by atomic mass is 32.1. The van der Waals surface area contributed by atoms with Crippen LogP contribution < -0.4 is 0 Å². The van der Waals surface area contributed by atoms with Crippen LogP contribution in [0.15, 0.2) is 0 Å². The van der Waals surface area contributed by atoms with Gasteiger partial charge in [-0.25, -0.2) is 0 Å². The highest BCUT2D eigenvalue weighted by molar-refractivity contribution is 7.80. The molecule has 1 aliphatic heterocycles. The molecular weight excluding hydrogens is 304 g/mol. The molecule has 134 valence electrons. The Hall–Kier alpha value is -0.440. The van der Waals surface area contributed by atoms with Crippen LogP contribution in [0.3, 0.4) is 0 Å². The molecule has 0 radical (unpaired) electrons. The van der Waals surface area contributed by atoms with Gasteiger partial charge in [0.05, 0.1) is 6.42 Å². The molecule has 0 bridgehead atoms. The van der Waals surface area contributed by atoms with E-state index in [2.05, 4.69) is 13.8 Å². The first-order valence-electron chi connectivity index (χ1n) is 9.84. The van der Waals surface area contributed by atoms with Crippen LogP contribution in [0.5, 0.6) is 0 Å². The molecule has 0 aromatic heterocycles. The van der Waals surface area contributed by atoms with Gasteiger partial charge in [-0.2, -0.15) is 0 Å². The lowest BCUT2D eigenvalue weighted by Gasteiger charge is -2.06. The van der Waals surface area contributed by atoms with Crippen molar-refractivity contribution in [3.63, 3.8) is 0 Å². The van der Waals surface area contributed by atoms with Gasteiger partial charge in [-0.15, -0.1) is 0 Å². The normalized spacial score (nSPS) is 18.0. The van der Waals surface area contributed by atoms with Gasteiger partial charge >= 0.3 is 5.97 Å². The van der Waals surface area contributed by atoms with Crippen molar-refractivity contribution in [3.05, 3.63) is 0 Å². The third-order valence-corrected chi connectivity index (χ3v) is 5.21. The first-order chi connectivity index (χ1) is 11.1. The molecule has 0 aromatic carbocycles. The van der Waals surface area contributed by atoms with Crippen LogP contribution in [0.2, 0.25) is 0 Å². The summed E-state index contributed by atoms with van der Waals surface area (Å²) < 4.78 is 4.94. The van der Waals surface area contributed by atoms with Gasteiger partial charge in [0, 0.05) is 5.92 Å². The molecule has 1 aliphatic rings. The van der Waals surface area contributed by atoms with E-state index in [0.717, 1.165) is 12.3 Å². The Morgan fingerprint density at radius 3 is 1.83 bits per heavy atom. The number of esters is 1. The largest absolute Gasteiger partial charge is 0.419 e. The maximum Gasteiger partial charge on any atom is 0.312 e. The van der Waals surface area contributed by atoms with E-state index in [1.165, 1.54) is 77.0 Å². The van der Waals surface area contributed by atoms with Crippen LogP contribution in [0.4, 0.5) is 0 Å². The topological polar surface area (TPSA) is 26.3 Å². The summed E-state index contributed by atoms with van der Waals surface area (Å²) in [6, 6.07) is 0. The Morgan fingerprint density at radius 1 is 0.913 bits per heavy atom. The van der Waals surface area contributed by atoms with Gasteiger partial charge in [0.2, 0.25) is 0 Å². The van der Waals surface area contributed by atoms with Gasteiger partial charge in [0.25, 0.3) is 0 Å². The molecule has 0 amide bonds. The number of hydrogen-bond acceptors (Lipinski definition) is 3. The zero-order valence-corrected chi connectivity index (χ0v) is 16.1. The molecule has 1 fully saturated rings. The molecule has 1 heterocycles. The average Bonchev–Trinajstić information content (AvgIpc) is 2.81. The predicted molar refractivity (Wildman–Crippen MR) is 102 cm³/mol. The predicted octanol–water partition coefficient (Wildman–Crippen LogP) is 6.60. The molecular formula is C20H36O2S. The van der Waals surface area contributed by atoms with E-state index in [1.54, 1.807) is 0 Å². The second-order valence-electron chi connectivity index (χ2n) is 7.55. The smallest absolute Gasteiger partial charge is 0.312 e. The lowest BCUT2D eigenvalue weighted by Crippen LogP contribution is -2.04. The Kier molecular flexibility index (Phi) is 11.6. The fourth-order valence-corrected chi connectivity index (χ4v) is 3.57. The monoisotopic (exact) mass is 340 g/mol. The Bertz CT molecular complexity index is 339. The zero-order chi connectivity index (χ0) is 16.9. The van der Waals surface area contributed by atoms with Gasteiger partial charge in [-0.3, -0.25) is 4.79 Å². The van der Waals surface area contributed by atoms with Gasteiger partial charge in [0.15, 0.2) is 5.05 Å². The number of hydrogen-bond donors (Lipinski definition) is 0. The van der Waals surface area contributed by atoms with Crippen molar-refractivity contribution in [2.45, 2.75) is 104 Å². The van der Waals surface area contributed by atoms with Gasteiger partial charge in [-0.05, 0) is 24.6 Å². The van der Waals surface area contributed by atoms with E-state index in [4.69, 9.17) is 17.0 Å². The van der Waals surface area contributed by atoms with Crippen LogP contribution in [0, 0.1) is 11.8 Å². The first kappa shape index (κ1) is 20.6. The van der Waals surface area contributed by atoms with E-state index in [-0.39, 0.29) is 11.9 Å². The molecule has 0 aromatic rings. The Labute approximate surface area is 148 Å². The van der Waals surface area contributed by atoms with Crippen molar-refractivity contribution >= 4 is 23.2 Å². The molecule has 1 unspecified atom stereocenters. The van der Waals surface area contributed by atoms with Crippen molar-refractivity contribution < 1.29 is 9.53 Å². The lowest BCUT2D eigenvalue weighted by molar-refractivity contribution is -0.133. The minimum absolute atomic E-state index is 0.135. The van der Waals surface area contributed by atoms with Gasteiger partial charge in [-0.1, -0.05) is 90.9 Å². The van der Waals surface area contributed by atoms with E-state index < -0.39 is 0 Å². The summed E-state index contributed by atoms with van der Waals surface area (Å²) in [4.78, 5) is 11.1. The van der Waals surface area contributed by atoms with Crippen LogP contribution >= 0.6 is 12.2 Å². The summed E-state index contributed by atoms with van der Waals surface area (Å²) in [5, 5.41) is 0.531. The summed E-state index contributed by atoms with van der Waals surface area (Å²) in [7, 11) is 0. The van der Waals surface area contributed by atoms with Gasteiger partial charge < -0.3 is 4.74 Å². The minimum Gasteiger partial charge on any atom is -0.419 e. The van der Waals surface area contributed by atoms with Crippen LogP contribution in [-0.4, -0.2) is 11.0 Å². The molecule has 0 spiro atoms. The van der Waals surface area contributed by atoms with Crippen molar-refractivity contribution in [1.82, 2.24) is 0 Å². The molecule has 0 saturated carbocycles. The highest BCUT2D eigenvalue weighted by Gasteiger charge is 2.28.